The molecule has 9 rings (SSSR count). The van der Waals surface area contributed by atoms with Crippen molar-refractivity contribution in [2.75, 3.05) is 23.7 Å². The average molecular weight is 747 g/mol. The fraction of sp³-hybridized carbons (Fsp3) is 0.205. The number of rotatable bonds is 9. The fourth-order valence-corrected chi connectivity index (χ4v) is 7.90. The number of anilines is 2. The van der Waals surface area contributed by atoms with Crippen LogP contribution >= 0.6 is 0 Å². The zero-order valence-electron chi connectivity index (χ0n) is 30.4. The molecule has 5 heterocycles. The maximum absolute atomic E-state index is 13.4. The van der Waals surface area contributed by atoms with Crippen LogP contribution in [0.5, 0.6) is 0 Å². The van der Waals surface area contributed by atoms with Crippen molar-refractivity contribution >= 4 is 56.5 Å². The van der Waals surface area contributed by atoms with Gasteiger partial charge in [-0.1, -0.05) is 72.8 Å². The Balaban J connectivity index is 0.793. The summed E-state index contributed by atoms with van der Waals surface area (Å²) in [5.74, 6) is -0.303. The van der Waals surface area contributed by atoms with Gasteiger partial charge in [0.1, 0.15) is 6.04 Å². The van der Waals surface area contributed by atoms with Crippen molar-refractivity contribution in [3.8, 4) is 22.5 Å². The first-order valence-corrected chi connectivity index (χ1v) is 18.8. The van der Waals surface area contributed by atoms with Crippen LogP contribution in [0.3, 0.4) is 0 Å². The minimum atomic E-state index is -0.595. The van der Waals surface area contributed by atoms with E-state index in [1.165, 1.54) is 0 Å². The highest BCUT2D eigenvalue weighted by molar-refractivity contribution is 6.07. The first kappa shape index (κ1) is 34.8. The third-order valence-corrected chi connectivity index (χ3v) is 10.8. The number of carbonyl (C=O) groups is 4. The molecule has 3 aromatic heterocycles. The number of hydrogen-bond acceptors (Lipinski definition) is 7. The number of H-pyrrole nitrogens is 1. The van der Waals surface area contributed by atoms with Gasteiger partial charge in [0.2, 0.25) is 11.8 Å². The molecule has 0 spiro atoms. The van der Waals surface area contributed by atoms with Crippen molar-refractivity contribution in [1.29, 1.82) is 0 Å². The molecule has 7 aromatic rings. The summed E-state index contributed by atoms with van der Waals surface area (Å²) in [6.07, 6.45) is 6.25. The Morgan fingerprint density at radius 2 is 1.25 bits per heavy atom. The number of benzene rings is 4. The predicted octanol–water partition coefficient (Wildman–Crippen LogP) is 8.11. The van der Waals surface area contributed by atoms with Gasteiger partial charge in [-0.2, -0.15) is 5.10 Å². The minimum absolute atomic E-state index is 0.160. The summed E-state index contributed by atoms with van der Waals surface area (Å²) in [5.41, 5.74) is 4.55. The van der Waals surface area contributed by atoms with Gasteiger partial charge in [-0.25, -0.2) is 0 Å². The van der Waals surface area contributed by atoms with Gasteiger partial charge >= 0.3 is 0 Å². The SMILES string of the molecule is O=C(CC1CCCN1C(=O)c1occ2ccccc12)Nc1ccc(-c2cc(-c3ccc(NC(=O)C4CCCN4C(=O)c4occ5ccccc45)cc3)n[nH]2)cc1. The van der Waals surface area contributed by atoms with E-state index in [1.54, 1.807) is 22.3 Å². The highest BCUT2D eigenvalue weighted by Gasteiger charge is 2.37. The van der Waals surface area contributed by atoms with Crippen molar-refractivity contribution in [2.45, 2.75) is 44.2 Å². The predicted molar refractivity (Wildman–Crippen MR) is 212 cm³/mol. The summed E-state index contributed by atoms with van der Waals surface area (Å²) in [7, 11) is 0. The van der Waals surface area contributed by atoms with Gasteiger partial charge in [0.15, 0.2) is 11.5 Å². The standard InChI is InChI=1S/C44H38N6O6/c51-39(23-33-9-5-21-49(33)43(53)40-34-10-3-1-7-29(34)25-55-40)45-31-17-13-27(14-18-31)36-24-37(48-47-36)28-15-19-32(20-16-28)46-42(52)38-12-6-22-50(38)44(54)41-35-11-4-2-8-30(35)26-56-41/h1-4,7-8,10-11,13-20,24-26,33,38H,5-6,9,12,21-23H2,(H,45,51)(H,46,52)(H,47,48). The van der Waals surface area contributed by atoms with E-state index in [0.717, 1.165) is 63.3 Å². The average Bonchev–Trinajstić information content (AvgIpc) is 4.08. The van der Waals surface area contributed by atoms with Gasteiger partial charge in [-0.05, 0) is 61.6 Å². The summed E-state index contributed by atoms with van der Waals surface area (Å²) < 4.78 is 11.3. The molecular weight excluding hydrogens is 709 g/mol. The Hall–Kier alpha value is -6.95. The van der Waals surface area contributed by atoms with Crippen molar-refractivity contribution in [3.05, 3.63) is 127 Å². The molecule has 0 bridgehead atoms. The summed E-state index contributed by atoms with van der Waals surface area (Å²) in [4.78, 5) is 56.6. The molecule has 2 unspecified atom stereocenters. The van der Waals surface area contributed by atoms with E-state index in [4.69, 9.17) is 8.83 Å². The normalized spacial score (nSPS) is 16.8. The lowest BCUT2D eigenvalue weighted by molar-refractivity contribution is -0.120. The van der Waals surface area contributed by atoms with E-state index in [9.17, 15) is 19.2 Å². The van der Waals surface area contributed by atoms with Gasteiger partial charge in [-0.3, -0.25) is 24.3 Å². The lowest BCUT2D eigenvalue weighted by Gasteiger charge is -2.23. The Morgan fingerprint density at radius 3 is 1.93 bits per heavy atom. The Kier molecular flexibility index (Phi) is 9.14. The topological polar surface area (TPSA) is 154 Å². The van der Waals surface area contributed by atoms with E-state index < -0.39 is 6.04 Å². The number of aromatic nitrogens is 2. The quantitative estimate of drug-likeness (QED) is 0.135. The van der Waals surface area contributed by atoms with E-state index in [1.807, 2.05) is 103 Å². The molecule has 2 atom stereocenters. The maximum atomic E-state index is 13.4. The molecule has 2 fully saturated rings. The molecule has 0 saturated carbocycles. The monoisotopic (exact) mass is 746 g/mol. The molecule has 4 aromatic carbocycles. The smallest absolute Gasteiger partial charge is 0.290 e. The molecule has 0 radical (unpaired) electrons. The maximum Gasteiger partial charge on any atom is 0.290 e. The molecule has 2 aliphatic rings. The lowest BCUT2D eigenvalue weighted by atomic mass is 10.1. The molecule has 12 nitrogen and oxygen atoms in total. The van der Waals surface area contributed by atoms with Crippen molar-refractivity contribution in [2.24, 2.45) is 0 Å². The number of carbonyl (C=O) groups excluding carboxylic acids is 4. The van der Waals surface area contributed by atoms with Crippen molar-refractivity contribution in [3.63, 3.8) is 0 Å². The Labute approximate surface area is 321 Å². The largest absolute Gasteiger partial charge is 0.458 e. The summed E-state index contributed by atoms with van der Waals surface area (Å²) >= 11 is 0. The van der Waals surface area contributed by atoms with E-state index in [-0.39, 0.29) is 41.9 Å². The molecule has 56 heavy (non-hydrogen) atoms. The third kappa shape index (κ3) is 6.70. The molecule has 280 valence electrons. The van der Waals surface area contributed by atoms with Gasteiger partial charge < -0.3 is 29.3 Å². The Bertz CT molecular complexity index is 2590. The number of furan rings is 2. The van der Waals surface area contributed by atoms with Crippen LogP contribution in [0.4, 0.5) is 11.4 Å². The zero-order chi connectivity index (χ0) is 38.2. The van der Waals surface area contributed by atoms with E-state index >= 15 is 0 Å². The van der Waals surface area contributed by atoms with E-state index in [0.29, 0.717) is 36.6 Å². The number of nitrogens with zero attached hydrogens (tertiary/aromatic N) is 3. The zero-order valence-corrected chi connectivity index (χ0v) is 30.4. The number of likely N-dealkylation sites (tertiary alicyclic amines) is 2. The second-order valence-electron chi connectivity index (χ2n) is 14.3. The van der Waals surface area contributed by atoms with E-state index in [2.05, 4.69) is 20.8 Å². The van der Waals surface area contributed by atoms with Gasteiger partial charge in [0.05, 0.1) is 23.9 Å². The van der Waals surface area contributed by atoms with Crippen LogP contribution in [0.1, 0.15) is 53.2 Å². The molecule has 2 aliphatic heterocycles. The van der Waals surface area contributed by atoms with Crippen LogP contribution in [0.15, 0.2) is 124 Å². The van der Waals surface area contributed by atoms with Crippen LogP contribution in [-0.2, 0) is 9.59 Å². The number of nitrogens with one attached hydrogen (secondary N) is 3. The second-order valence-corrected chi connectivity index (χ2v) is 14.3. The molecule has 12 heteroatoms. The summed E-state index contributed by atoms with van der Waals surface area (Å²) in [5, 5.41) is 16.8. The van der Waals surface area contributed by atoms with Crippen LogP contribution in [0.2, 0.25) is 0 Å². The first-order chi connectivity index (χ1) is 27.4. The summed E-state index contributed by atoms with van der Waals surface area (Å²) in [6, 6.07) is 31.1. The van der Waals surface area contributed by atoms with Crippen LogP contribution in [0, 0.1) is 0 Å². The lowest BCUT2D eigenvalue weighted by Crippen LogP contribution is -2.43. The number of amides is 4. The highest BCUT2D eigenvalue weighted by Crippen LogP contribution is 2.30. The molecule has 3 N–H and O–H groups in total. The van der Waals surface area contributed by atoms with Gasteiger partial charge in [0, 0.05) is 64.0 Å². The first-order valence-electron chi connectivity index (χ1n) is 18.8. The minimum Gasteiger partial charge on any atom is -0.458 e. The number of hydrogen-bond donors (Lipinski definition) is 3. The molecule has 2 saturated heterocycles. The second kappa shape index (κ2) is 14.7. The van der Waals surface area contributed by atoms with Crippen LogP contribution in [-0.4, -0.2) is 68.8 Å². The van der Waals surface area contributed by atoms with Crippen molar-refractivity contribution in [1.82, 2.24) is 20.0 Å². The summed E-state index contributed by atoms with van der Waals surface area (Å²) in [6.45, 7) is 1.07. The fourth-order valence-electron chi connectivity index (χ4n) is 7.90. The van der Waals surface area contributed by atoms with Crippen LogP contribution < -0.4 is 10.6 Å². The molecular formula is C44H38N6O6. The molecule has 0 aliphatic carbocycles. The van der Waals surface area contributed by atoms with Crippen LogP contribution in [0.25, 0.3) is 44.1 Å². The van der Waals surface area contributed by atoms with Gasteiger partial charge in [-0.15, -0.1) is 0 Å². The molecule has 4 amide bonds. The number of aromatic amines is 1. The highest BCUT2D eigenvalue weighted by atomic mass is 16.3. The number of fused-ring (bicyclic) bond motifs is 2. The van der Waals surface area contributed by atoms with Gasteiger partial charge in [0.25, 0.3) is 11.8 Å². The van der Waals surface area contributed by atoms with Crippen molar-refractivity contribution < 1.29 is 28.0 Å². The Morgan fingerprint density at radius 1 is 0.679 bits per heavy atom. The third-order valence-electron chi connectivity index (χ3n) is 10.8.